The number of carboxylic acids is 2. The van der Waals surface area contributed by atoms with E-state index in [1.807, 2.05) is 0 Å². The van der Waals surface area contributed by atoms with E-state index in [2.05, 4.69) is 0 Å². The predicted octanol–water partition coefficient (Wildman–Crippen LogP) is -5.98. The first-order valence-electron chi connectivity index (χ1n) is 2.72. The van der Waals surface area contributed by atoms with E-state index in [0.717, 1.165) is 0 Å². The van der Waals surface area contributed by atoms with E-state index < -0.39 is 18.0 Å². The molecule has 0 spiro atoms. The Morgan fingerprint density at radius 2 is 1.92 bits per heavy atom. The van der Waals surface area contributed by atoms with Gasteiger partial charge in [-0.05, 0) is 12.8 Å². The van der Waals surface area contributed by atoms with Crippen molar-refractivity contribution in [3.05, 3.63) is 0 Å². The van der Waals surface area contributed by atoms with E-state index in [4.69, 9.17) is 10.8 Å². The molecule has 0 saturated carbocycles. The fourth-order valence-electron chi connectivity index (χ4n) is 0.397. The summed E-state index contributed by atoms with van der Waals surface area (Å²) in [6.07, 6.45) is -0.398. The first-order valence-corrected chi connectivity index (χ1v) is 2.72. The van der Waals surface area contributed by atoms with Crippen LogP contribution in [0.4, 0.5) is 0 Å². The molecule has 0 bridgehead atoms. The summed E-state index contributed by atoms with van der Waals surface area (Å²) >= 11 is 0. The Labute approximate surface area is 102 Å². The van der Waals surface area contributed by atoms with Crippen LogP contribution in [0.15, 0.2) is 0 Å². The van der Waals surface area contributed by atoms with Crippen molar-refractivity contribution in [1.82, 2.24) is 0 Å². The van der Waals surface area contributed by atoms with Crippen molar-refractivity contribution in [2.75, 3.05) is 0 Å². The quantitative estimate of drug-likeness (QED) is 0.483. The molecule has 0 unspecified atom stereocenters. The maximum absolute atomic E-state index is 9.97. The molecule has 0 saturated heterocycles. The van der Waals surface area contributed by atoms with Crippen molar-refractivity contribution in [1.29, 1.82) is 0 Å². The summed E-state index contributed by atoms with van der Waals surface area (Å²) in [6, 6.07) is -1.10. The molecule has 0 aliphatic heterocycles. The minimum absolute atomic E-state index is 0. The molecule has 0 aromatic heterocycles. The second kappa shape index (κ2) is 9.51. The number of aliphatic carboxylic acids is 2. The molecule has 0 fully saturated rings. The van der Waals surface area contributed by atoms with Crippen LogP contribution in [0.2, 0.25) is 0 Å². The van der Waals surface area contributed by atoms with Crippen LogP contribution in [0.25, 0.3) is 0 Å². The van der Waals surface area contributed by atoms with Gasteiger partial charge in [-0.1, -0.05) is 0 Å². The number of hydrogen-bond acceptors (Lipinski definition) is 4. The zero-order chi connectivity index (χ0) is 8.15. The van der Waals surface area contributed by atoms with Gasteiger partial charge in [0.1, 0.15) is 6.04 Å². The van der Waals surface area contributed by atoms with Crippen LogP contribution in [0.1, 0.15) is 12.8 Å². The summed E-state index contributed by atoms with van der Waals surface area (Å²) < 4.78 is 0. The van der Waals surface area contributed by atoms with Crippen LogP contribution in [-0.4, -0.2) is 40.2 Å². The molecular weight excluding hydrogens is 240 g/mol. The number of carbonyl (C=O) groups is 2. The molecule has 0 aliphatic rings. The molecule has 0 aromatic carbocycles. The summed E-state index contributed by atoms with van der Waals surface area (Å²) in [5.74, 6) is -2.47. The molecule has 7 heteroatoms. The van der Waals surface area contributed by atoms with E-state index in [1.54, 1.807) is 0 Å². The first-order chi connectivity index (χ1) is 4.54. The van der Waals surface area contributed by atoms with Crippen molar-refractivity contribution in [2.45, 2.75) is 18.9 Å². The van der Waals surface area contributed by atoms with E-state index in [-0.39, 0.29) is 59.5 Å². The molecule has 1 atom stereocenters. The van der Waals surface area contributed by atoms with Crippen molar-refractivity contribution in [3.63, 3.8) is 0 Å². The summed E-state index contributed by atoms with van der Waals surface area (Å²) in [7, 11) is 0. The van der Waals surface area contributed by atoms with Gasteiger partial charge >= 0.3 is 52.6 Å². The van der Waals surface area contributed by atoms with Crippen LogP contribution >= 0.6 is 0 Å². The molecule has 0 aromatic rings. The number of carbonyl (C=O) groups excluding carboxylic acids is 1. The Balaban J connectivity index is -0.000000405. The van der Waals surface area contributed by atoms with Crippen LogP contribution in [0.5, 0.6) is 0 Å². The van der Waals surface area contributed by atoms with E-state index in [0.29, 0.717) is 0 Å². The molecule has 0 rings (SSSR count). The third kappa shape index (κ3) is 10.4. The molecule has 0 aliphatic carbocycles. The first kappa shape index (κ1) is 18.3. The normalized spacial score (nSPS) is 10.4. The van der Waals surface area contributed by atoms with Crippen molar-refractivity contribution in [2.24, 2.45) is 5.73 Å². The Bertz CT molecular complexity index is 154. The fourth-order valence-corrected chi connectivity index (χ4v) is 0.397. The van der Waals surface area contributed by atoms with Gasteiger partial charge in [0.2, 0.25) is 0 Å². The molecule has 0 heterocycles. The third-order valence-electron chi connectivity index (χ3n) is 0.977. The van der Waals surface area contributed by atoms with Crippen LogP contribution in [0, 0.1) is 0 Å². The van der Waals surface area contributed by atoms with Crippen molar-refractivity contribution >= 4 is 29.0 Å². The summed E-state index contributed by atoms with van der Waals surface area (Å²) in [6.45, 7) is 0. The van der Waals surface area contributed by atoms with Crippen LogP contribution in [-0.2, 0) is 9.59 Å². The molecular formula is C5H10NNaO4Se. The summed E-state index contributed by atoms with van der Waals surface area (Å²) in [4.78, 5) is 19.7. The summed E-state index contributed by atoms with van der Waals surface area (Å²) in [5.41, 5.74) is 4.97. The number of nitrogens with two attached hydrogens (primary N) is 1. The van der Waals surface area contributed by atoms with Gasteiger partial charge in [-0.2, -0.15) is 0 Å². The average molecular weight is 250 g/mol. The van der Waals surface area contributed by atoms with Gasteiger partial charge < -0.3 is 20.7 Å². The molecule has 5 nitrogen and oxygen atoms in total. The van der Waals surface area contributed by atoms with Gasteiger partial charge in [0.25, 0.3) is 0 Å². The molecule has 3 N–H and O–H groups in total. The Morgan fingerprint density at radius 3 is 2.17 bits per heavy atom. The number of hydrogen-bond donors (Lipinski definition) is 2. The second-order valence-electron chi connectivity index (χ2n) is 1.86. The number of rotatable bonds is 4. The Morgan fingerprint density at radius 1 is 1.50 bits per heavy atom. The summed E-state index contributed by atoms with van der Waals surface area (Å²) in [5, 5.41) is 17.9. The van der Waals surface area contributed by atoms with Crippen LogP contribution in [0.3, 0.4) is 0 Å². The van der Waals surface area contributed by atoms with Gasteiger partial charge in [-0.3, -0.25) is 4.79 Å². The minimum atomic E-state index is -1.28. The van der Waals surface area contributed by atoms with Crippen molar-refractivity contribution < 1.29 is 49.4 Å². The standard InChI is InChI=1S/C5H9NO4.Na.H2Se/c6-3(5(9)10)1-2-4(7)8;;/h3H,1-2,6H2,(H,7,8)(H,9,10);;1H2/q;+1;/p-1/t3-;;/m0../s1. The van der Waals surface area contributed by atoms with E-state index in [1.165, 1.54) is 0 Å². The molecule has 12 heavy (non-hydrogen) atoms. The monoisotopic (exact) mass is 251 g/mol. The van der Waals surface area contributed by atoms with E-state index >= 15 is 0 Å². The number of carboxylic acid groups (broad SMARTS) is 2. The third-order valence-corrected chi connectivity index (χ3v) is 0.977. The maximum atomic E-state index is 9.97. The van der Waals surface area contributed by atoms with Gasteiger partial charge in [0.05, 0.1) is 0 Å². The second-order valence-corrected chi connectivity index (χ2v) is 1.86. The van der Waals surface area contributed by atoms with Gasteiger partial charge in [0.15, 0.2) is 0 Å². The Kier molecular flexibility index (Phi) is 14.5. The molecule has 66 valence electrons. The van der Waals surface area contributed by atoms with Crippen LogP contribution < -0.4 is 40.4 Å². The van der Waals surface area contributed by atoms with Crippen molar-refractivity contribution in [3.8, 4) is 0 Å². The Hall–Kier alpha value is 0.419. The SMILES string of the molecule is N[C@@H](CCC(=O)[O-])C(=O)O.[Na+].[SeH2]. The van der Waals surface area contributed by atoms with Gasteiger partial charge in [0, 0.05) is 5.97 Å². The molecule has 0 radical (unpaired) electrons. The zero-order valence-electron chi connectivity index (χ0n) is 6.74. The zero-order valence-corrected chi connectivity index (χ0v) is 10.8. The average Bonchev–Trinajstić information content (AvgIpc) is 1.82. The van der Waals surface area contributed by atoms with E-state index in [9.17, 15) is 14.7 Å². The topological polar surface area (TPSA) is 103 Å². The fraction of sp³-hybridized carbons (Fsp3) is 0.600. The van der Waals surface area contributed by atoms with Gasteiger partial charge in [-0.25, -0.2) is 0 Å². The van der Waals surface area contributed by atoms with Gasteiger partial charge in [-0.15, -0.1) is 0 Å². The predicted molar refractivity (Wildman–Crippen MR) is 38.4 cm³/mol. The molecule has 0 amide bonds.